The summed E-state index contributed by atoms with van der Waals surface area (Å²) in [7, 11) is 0. The summed E-state index contributed by atoms with van der Waals surface area (Å²) in [5.41, 5.74) is 1.79. The van der Waals surface area contributed by atoms with Crippen LogP contribution in [0.2, 0.25) is 0 Å². The smallest absolute Gasteiger partial charge is 0.231 e. The van der Waals surface area contributed by atoms with E-state index in [-0.39, 0.29) is 0 Å². The summed E-state index contributed by atoms with van der Waals surface area (Å²) in [6.07, 6.45) is 6.11. The Balaban J connectivity index is 1.98. The van der Waals surface area contributed by atoms with Gasteiger partial charge < -0.3 is 5.21 Å². The van der Waals surface area contributed by atoms with Crippen molar-refractivity contribution in [3.8, 4) is 0 Å². The molecular weight excluding hydrogens is 258 g/mol. The molecule has 0 radical (unpaired) electrons. The lowest BCUT2D eigenvalue weighted by atomic mass is 9.86. The van der Waals surface area contributed by atoms with Gasteiger partial charge in [-0.05, 0) is 36.4 Å². The number of hydrogen-bond acceptors (Lipinski definition) is 1. The maximum atomic E-state index is 13.0. The minimum Gasteiger partial charge on any atom is -0.618 e. The second-order valence-corrected chi connectivity index (χ2v) is 6.11. The van der Waals surface area contributed by atoms with Gasteiger partial charge in [-0.15, -0.1) is 0 Å². The molecule has 1 aliphatic carbocycles. The molecule has 2 heteroatoms. The van der Waals surface area contributed by atoms with Crippen LogP contribution in [0.5, 0.6) is 0 Å². The molecule has 0 bridgehead atoms. The molecule has 1 saturated carbocycles. The van der Waals surface area contributed by atoms with Crippen LogP contribution in [0.3, 0.4) is 0 Å². The van der Waals surface area contributed by atoms with Gasteiger partial charge in [0, 0.05) is 17.4 Å². The zero-order chi connectivity index (χ0) is 14.2. The Morgan fingerprint density at radius 2 is 1.52 bits per heavy atom. The van der Waals surface area contributed by atoms with Crippen molar-refractivity contribution in [2.75, 3.05) is 0 Å². The van der Waals surface area contributed by atoms with Crippen molar-refractivity contribution < 1.29 is 4.73 Å². The third-order valence-corrected chi connectivity index (χ3v) is 4.83. The zero-order valence-electron chi connectivity index (χ0n) is 12.1. The summed E-state index contributed by atoms with van der Waals surface area (Å²) in [6, 6.07) is 16.5. The van der Waals surface area contributed by atoms with E-state index in [1.165, 1.54) is 24.0 Å². The molecule has 4 rings (SSSR count). The fourth-order valence-electron chi connectivity index (χ4n) is 3.71. The Morgan fingerprint density at radius 3 is 2.38 bits per heavy atom. The predicted molar refractivity (Wildman–Crippen MR) is 86.2 cm³/mol. The molecule has 0 amide bonds. The average molecular weight is 277 g/mol. The lowest BCUT2D eigenvalue weighted by Crippen LogP contribution is -2.35. The zero-order valence-corrected chi connectivity index (χ0v) is 12.1. The van der Waals surface area contributed by atoms with Crippen molar-refractivity contribution in [2.45, 2.75) is 38.0 Å². The maximum absolute atomic E-state index is 13.0. The normalized spacial score (nSPS) is 16.6. The summed E-state index contributed by atoms with van der Waals surface area (Å²) >= 11 is 0. The van der Waals surface area contributed by atoms with E-state index in [4.69, 9.17) is 0 Å². The maximum Gasteiger partial charge on any atom is 0.231 e. The first-order valence-corrected chi connectivity index (χ1v) is 7.88. The van der Waals surface area contributed by atoms with E-state index in [1.54, 1.807) is 0 Å². The molecule has 0 aliphatic heterocycles. The highest BCUT2D eigenvalue weighted by molar-refractivity contribution is 6.03. The van der Waals surface area contributed by atoms with Gasteiger partial charge in [0.2, 0.25) is 5.52 Å². The van der Waals surface area contributed by atoms with Gasteiger partial charge in [0.15, 0.2) is 5.69 Å². The van der Waals surface area contributed by atoms with Gasteiger partial charge >= 0.3 is 0 Å². The molecule has 0 N–H and O–H groups in total. The third kappa shape index (κ3) is 2.06. The van der Waals surface area contributed by atoms with E-state index >= 15 is 0 Å². The van der Waals surface area contributed by atoms with Gasteiger partial charge in [-0.3, -0.25) is 0 Å². The molecule has 1 aromatic heterocycles. The summed E-state index contributed by atoms with van der Waals surface area (Å²) in [5.74, 6) is 0.430. The van der Waals surface area contributed by atoms with E-state index in [2.05, 4.69) is 30.3 Å². The highest BCUT2D eigenvalue weighted by Gasteiger charge is 2.24. The molecule has 0 spiro atoms. The minimum absolute atomic E-state index is 0.430. The van der Waals surface area contributed by atoms with Crippen molar-refractivity contribution >= 4 is 21.7 Å². The van der Waals surface area contributed by atoms with Gasteiger partial charge in [0.25, 0.3) is 0 Å². The van der Waals surface area contributed by atoms with Crippen LogP contribution in [-0.4, -0.2) is 0 Å². The van der Waals surface area contributed by atoms with Gasteiger partial charge in [-0.25, -0.2) is 0 Å². The van der Waals surface area contributed by atoms with E-state index in [1.807, 2.05) is 18.2 Å². The van der Waals surface area contributed by atoms with E-state index in [0.717, 1.165) is 40.2 Å². The molecule has 0 atom stereocenters. The summed E-state index contributed by atoms with van der Waals surface area (Å²) in [4.78, 5) is 0. The SMILES string of the molecule is [O-][n+]1c(C2CCCCC2)ccc2ccc3ccccc3c21. The van der Waals surface area contributed by atoms with Gasteiger partial charge in [0.1, 0.15) is 0 Å². The molecule has 3 aromatic rings. The van der Waals surface area contributed by atoms with Crippen LogP contribution < -0.4 is 4.73 Å². The van der Waals surface area contributed by atoms with E-state index in [9.17, 15) is 5.21 Å². The predicted octanol–water partition coefficient (Wildman–Crippen LogP) is 4.67. The molecule has 1 fully saturated rings. The fraction of sp³-hybridized carbons (Fsp3) is 0.316. The van der Waals surface area contributed by atoms with Gasteiger partial charge in [-0.1, -0.05) is 43.5 Å². The number of benzene rings is 2. The van der Waals surface area contributed by atoms with Gasteiger partial charge in [0.05, 0.1) is 5.39 Å². The fourth-order valence-corrected chi connectivity index (χ4v) is 3.71. The number of nitrogens with zero attached hydrogens (tertiary/aromatic N) is 1. The van der Waals surface area contributed by atoms with Crippen molar-refractivity contribution in [3.63, 3.8) is 0 Å². The second-order valence-electron chi connectivity index (χ2n) is 6.11. The number of hydrogen-bond donors (Lipinski definition) is 0. The van der Waals surface area contributed by atoms with Crippen LogP contribution in [0.4, 0.5) is 0 Å². The first kappa shape index (κ1) is 12.6. The second kappa shape index (κ2) is 5.03. The number of pyridine rings is 1. The highest BCUT2D eigenvalue weighted by Crippen LogP contribution is 2.32. The molecule has 2 aromatic carbocycles. The monoisotopic (exact) mass is 277 g/mol. The molecule has 106 valence electrons. The molecule has 1 heterocycles. The minimum atomic E-state index is 0.430. The Morgan fingerprint density at radius 1 is 0.810 bits per heavy atom. The largest absolute Gasteiger partial charge is 0.618 e. The Labute approximate surface area is 124 Å². The topological polar surface area (TPSA) is 26.9 Å². The van der Waals surface area contributed by atoms with Crippen LogP contribution in [0, 0.1) is 5.21 Å². The van der Waals surface area contributed by atoms with Crippen molar-refractivity contribution in [2.24, 2.45) is 0 Å². The van der Waals surface area contributed by atoms with E-state index in [0.29, 0.717) is 5.92 Å². The van der Waals surface area contributed by atoms with Crippen molar-refractivity contribution in [3.05, 3.63) is 59.4 Å². The summed E-state index contributed by atoms with van der Waals surface area (Å²) < 4.78 is 1.20. The average Bonchev–Trinajstić information content (AvgIpc) is 2.55. The van der Waals surface area contributed by atoms with Crippen LogP contribution in [-0.2, 0) is 0 Å². The lowest BCUT2D eigenvalue weighted by Gasteiger charge is -2.21. The molecule has 0 unspecified atom stereocenters. The molecule has 0 saturated heterocycles. The van der Waals surface area contributed by atoms with Crippen LogP contribution in [0.1, 0.15) is 43.7 Å². The first-order chi connectivity index (χ1) is 10.3. The Hall–Kier alpha value is -2.09. The molecular formula is C19H19NO. The highest BCUT2D eigenvalue weighted by atomic mass is 16.5. The number of aromatic nitrogens is 1. The summed E-state index contributed by atoms with van der Waals surface area (Å²) in [6.45, 7) is 0. The standard InChI is InChI=1S/C19H19NO/c21-20-18(15-7-2-1-3-8-15)13-12-16-11-10-14-6-4-5-9-17(14)19(16)20/h4-6,9-13,15H,1-3,7-8H2. The van der Waals surface area contributed by atoms with Crippen molar-refractivity contribution in [1.82, 2.24) is 0 Å². The van der Waals surface area contributed by atoms with Crippen LogP contribution in [0.15, 0.2) is 48.5 Å². The number of fused-ring (bicyclic) bond motifs is 3. The van der Waals surface area contributed by atoms with Crippen molar-refractivity contribution in [1.29, 1.82) is 0 Å². The van der Waals surface area contributed by atoms with E-state index < -0.39 is 0 Å². The summed E-state index contributed by atoms with van der Waals surface area (Å²) in [5, 5.41) is 16.2. The third-order valence-electron chi connectivity index (χ3n) is 4.83. The quantitative estimate of drug-likeness (QED) is 0.360. The first-order valence-electron chi connectivity index (χ1n) is 7.88. The molecule has 2 nitrogen and oxygen atoms in total. The van der Waals surface area contributed by atoms with Gasteiger partial charge in [-0.2, -0.15) is 4.73 Å². The van der Waals surface area contributed by atoms with Crippen LogP contribution >= 0.6 is 0 Å². The molecule has 1 aliphatic rings. The molecule has 21 heavy (non-hydrogen) atoms. The Kier molecular flexibility index (Phi) is 3.03. The lowest BCUT2D eigenvalue weighted by molar-refractivity contribution is -0.587. The number of rotatable bonds is 1. The Bertz CT molecular complexity index is 803. The van der Waals surface area contributed by atoms with Crippen LogP contribution in [0.25, 0.3) is 21.7 Å².